The third-order valence-corrected chi connectivity index (χ3v) is 5.36. The monoisotopic (exact) mass is 439 g/mol. The highest BCUT2D eigenvalue weighted by Crippen LogP contribution is 2.39. The standard InChI is InChI=1S/C24H29N3O5/c1-13(2)22-16-12-15(26-24(30)17(25)7-10-21(28)29)6-8-18(16)27-23(22)14-5-9-19(31-3)20(11-14)32-4/h5-6,8-9,11-13,17,27H,7,10,25H2,1-4H3,(H,26,30)(H,28,29)/t17-/m0/s1. The Bertz CT molecular complexity index is 1140. The van der Waals surface area contributed by atoms with Crippen LogP contribution < -0.4 is 20.5 Å². The number of ether oxygens (including phenoxy) is 2. The third kappa shape index (κ3) is 4.86. The highest BCUT2D eigenvalue weighted by atomic mass is 16.5. The average molecular weight is 440 g/mol. The van der Waals surface area contributed by atoms with Crippen LogP contribution in [0.4, 0.5) is 5.69 Å². The molecule has 1 atom stereocenters. The van der Waals surface area contributed by atoms with E-state index < -0.39 is 17.9 Å². The number of carboxylic acid groups (broad SMARTS) is 1. The van der Waals surface area contributed by atoms with Crippen LogP contribution in [-0.4, -0.2) is 42.2 Å². The number of hydrogen-bond donors (Lipinski definition) is 4. The van der Waals surface area contributed by atoms with Gasteiger partial charge in [0, 0.05) is 28.6 Å². The molecule has 0 spiro atoms. The van der Waals surface area contributed by atoms with E-state index in [2.05, 4.69) is 24.1 Å². The molecule has 8 nitrogen and oxygen atoms in total. The van der Waals surface area contributed by atoms with Crippen LogP contribution in [0.15, 0.2) is 36.4 Å². The second kappa shape index (κ2) is 9.74. The van der Waals surface area contributed by atoms with Crippen LogP contribution in [0.2, 0.25) is 0 Å². The first-order valence-electron chi connectivity index (χ1n) is 10.4. The molecule has 0 aliphatic heterocycles. The molecule has 0 unspecified atom stereocenters. The lowest BCUT2D eigenvalue weighted by atomic mass is 9.95. The number of nitrogens with two attached hydrogens (primary N) is 1. The van der Waals surface area contributed by atoms with Crippen molar-refractivity contribution in [2.45, 2.75) is 38.6 Å². The lowest BCUT2D eigenvalue weighted by Crippen LogP contribution is -2.36. The van der Waals surface area contributed by atoms with Crippen LogP contribution in [0.1, 0.15) is 38.2 Å². The van der Waals surface area contributed by atoms with Crippen LogP contribution in [0.25, 0.3) is 22.2 Å². The number of hydrogen-bond acceptors (Lipinski definition) is 5. The molecule has 0 saturated carbocycles. The maximum absolute atomic E-state index is 12.4. The lowest BCUT2D eigenvalue weighted by molar-refractivity contribution is -0.137. The van der Waals surface area contributed by atoms with Crippen LogP contribution in [0.5, 0.6) is 11.5 Å². The Morgan fingerprint density at radius 3 is 2.44 bits per heavy atom. The SMILES string of the molecule is COc1ccc(-c2[nH]c3ccc(NC(=O)[C@@H](N)CCC(=O)O)cc3c2C(C)C)cc1OC. The van der Waals surface area contributed by atoms with Crippen LogP contribution in [0, 0.1) is 0 Å². The second-order valence-electron chi connectivity index (χ2n) is 7.93. The Hall–Kier alpha value is -3.52. The first kappa shape index (κ1) is 23.1. The molecule has 1 heterocycles. The zero-order valence-corrected chi connectivity index (χ0v) is 18.7. The van der Waals surface area contributed by atoms with Crippen molar-refractivity contribution in [3.05, 3.63) is 42.0 Å². The van der Waals surface area contributed by atoms with Gasteiger partial charge in [-0.1, -0.05) is 13.8 Å². The summed E-state index contributed by atoms with van der Waals surface area (Å²) in [6, 6.07) is 10.5. The van der Waals surface area contributed by atoms with Gasteiger partial charge in [0.1, 0.15) is 0 Å². The smallest absolute Gasteiger partial charge is 0.303 e. The van der Waals surface area contributed by atoms with Gasteiger partial charge in [0.2, 0.25) is 5.91 Å². The van der Waals surface area contributed by atoms with Crippen molar-refractivity contribution in [3.63, 3.8) is 0 Å². The molecule has 0 aliphatic rings. The maximum Gasteiger partial charge on any atom is 0.303 e. The van der Waals surface area contributed by atoms with E-state index in [1.54, 1.807) is 20.3 Å². The van der Waals surface area contributed by atoms with Crippen LogP contribution >= 0.6 is 0 Å². The summed E-state index contributed by atoms with van der Waals surface area (Å²) < 4.78 is 10.8. The number of methoxy groups -OCH3 is 2. The molecule has 1 amide bonds. The summed E-state index contributed by atoms with van der Waals surface area (Å²) in [4.78, 5) is 26.6. The minimum atomic E-state index is -0.980. The lowest BCUT2D eigenvalue weighted by Gasteiger charge is -2.13. The quantitative estimate of drug-likeness (QED) is 0.397. The molecular formula is C24H29N3O5. The highest BCUT2D eigenvalue weighted by Gasteiger charge is 2.19. The number of H-pyrrole nitrogens is 1. The van der Waals surface area contributed by atoms with Crippen molar-refractivity contribution in [2.24, 2.45) is 5.73 Å². The van der Waals surface area contributed by atoms with E-state index >= 15 is 0 Å². The van der Waals surface area contributed by atoms with Gasteiger partial charge < -0.3 is 30.6 Å². The number of anilines is 1. The predicted octanol–water partition coefficient (Wildman–Crippen LogP) is 4.11. The summed E-state index contributed by atoms with van der Waals surface area (Å²) in [6.45, 7) is 4.22. The maximum atomic E-state index is 12.4. The Kier molecular flexibility index (Phi) is 7.05. The molecule has 32 heavy (non-hydrogen) atoms. The zero-order valence-electron chi connectivity index (χ0n) is 18.7. The van der Waals surface area contributed by atoms with E-state index in [0.29, 0.717) is 17.2 Å². The molecule has 5 N–H and O–H groups in total. The summed E-state index contributed by atoms with van der Waals surface area (Å²) in [5.41, 5.74) is 10.4. The second-order valence-corrected chi connectivity index (χ2v) is 7.93. The topological polar surface area (TPSA) is 127 Å². The molecule has 0 radical (unpaired) electrons. The molecule has 0 fully saturated rings. The number of benzene rings is 2. The van der Waals surface area contributed by atoms with Gasteiger partial charge in [0.05, 0.1) is 26.0 Å². The number of carbonyl (C=O) groups is 2. The first-order valence-corrected chi connectivity index (χ1v) is 10.4. The Labute approximate surface area is 186 Å². The Morgan fingerprint density at radius 2 is 1.81 bits per heavy atom. The van der Waals surface area contributed by atoms with Crippen molar-refractivity contribution in [1.29, 1.82) is 0 Å². The van der Waals surface area contributed by atoms with E-state index in [4.69, 9.17) is 20.3 Å². The normalized spacial score (nSPS) is 12.1. The molecule has 3 rings (SSSR count). The molecule has 0 bridgehead atoms. The fraction of sp³-hybridized carbons (Fsp3) is 0.333. The fourth-order valence-corrected chi connectivity index (χ4v) is 3.75. The van der Waals surface area contributed by atoms with Gasteiger partial charge in [-0.15, -0.1) is 0 Å². The summed E-state index contributed by atoms with van der Waals surface area (Å²) in [7, 11) is 3.20. The Morgan fingerprint density at radius 1 is 1.09 bits per heavy atom. The number of aromatic nitrogens is 1. The molecule has 0 aliphatic carbocycles. The first-order chi connectivity index (χ1) is 15.2. The van der Waals surface area contributed by atoms with Crippen LogP contribution in [-0.2, 0) is 9.59 Å². The van der Waals surface area contributed by atoms with E-state index in [1.165, 1.54) is 0 Å². The molecule has 0 saturated heterocycles. The van der Waals surface area contributed by atoms with Gasteiger partial charge in [0.25, 0.3) is 0 Å². The molecule has 3 aromatic rings. The van der Waals surface area contributed by atoms with Crippen LogP contribution in [0.3, 0.4) is 0 Å². The minimum absolute atomic E-state index is 0.0776. The van der Waals surface area contributed by atoms with E-state index in [0.717, 1.165) is 27.7 Å². The number of carbonyl (C=O) groups excluding carboxylic acids is 1. The molecular weight excluding hydrogens is 410 g/mol. The zero-order chi connectivity index (χ0) is 23.4. The number of aliphatic carboxylic acids is 1. The molecule has 8 heteroatoms. The van der Waals surface area contributed by atoms with Gasteiger partial charge in [-0.05, 0) is 54.3 Å². The van der Waals surface area contributed by atoms with Gasteiger partial charge in [-0.2, -0.15) is 0 Å². The molecule has 2 aromatic carbocycles. The number of fused-ring (bicyclic) bond motifs is 1. The predicted molar refractivity (Wildman–Crippen MR) is 124 cm³/mol. The van der Waals surface area contributed by atoms with Crippen molar-refractivity contribution >= 4 is 28.5 Å². The number of carboxylic acids is 1. The minimum Gasteiger partial charge on any atom is -0.493 e. The average Bonchev–Trinajstić information content (AvgIpc) is 3.15. The summed E-state index contributed by atoms with van der Waals surface area (Å²) in [6.07, 6.45) is -0.0775. The van der Waals surface area contributed by atoms with Gasteiger partial charge >= 0.3 is 5.97 Å². The number of nitrogens with one attached hydrogen (secondary N) is 2. The molecule has 170 valence electrons. The van der Waals surface area contributed by atoms with E-state index in [-0.39, 0.29) is 18.8 Å². The van der Waals surface area contributed by atoms with Crippen molar-refractivity contribution in [1.82, 2.24) is 4.98 Å². The fourth-order valence-electron chi connectivity index (χ4n) is 3.75. The summed E-state index contributed by atoms with van der Waals surface area (Å²) >= 11 is 0. The van der Waals surface area contributed by atoms with Gasteiger partial charge in [-0.25, -0.2) is 0 Å². The molecule has 1 aromatic heterocycles. The number of rotatable bonds is 9. The number of aromatic amines is 1. The van der Waals surface area contributed by atoms with Gasteiger partial charge in [-0.3, -0.25) is 9.59 Å². The van der Waals surface area contributed by atoms with Crippen molar-refractivity contribution in [2.75, 3.05) is 19.5 Å². The highest BCUT2D eigenvalue weighted by molar-refractivity contribution is 5.99. The van der Waals surface area contributed by atoms with Crippen molar-refractivity contribution < 1.29 is 24.2 Å². The van der Waals surface area contributed by atoms with E-state index in [9.17, 15) is 9.59 Å². The largest absolute Gasteiger partial charge is 0.493 e. The summed E-state index contributed by atoms with van der Waals surface area (Å²) in [5.74, 6) is 0.110. The van der Waals surface area contributed by atoms with Gasteiger partial charge in [0.15, 0.2) is 11.5 Å². The summed E-state index contributed by atoms with van der Waals surface area (Å²) in [5, 5.41) is 12.6. The number of amides is 1. The van der Waals surface area contributed by atoms with E-state index in [1.807, 2.05) is 30.3 Å². The third-order valence-electron chi connectivity index (χ3n) is 5.36. The van der Waals surface area contributed by atoms with Crippen molar-refractivity contribution in [3.8, 4) is 22.8 Å². The Balaban J connectivity index is 1.97.